The van der Waals surface area contributed by atoms with Crippen molar-refractivity contribution in [1.29, 1.82) is 0 Å². The summed E-state index contributed by atoms with van der Waals surface area (Å²) in [6.45, 7) is 12.6. The zero-order valence-electron chi connectivity index (χ0n) is 14.5. The van der Waals surface area contributed by atoms with Crippen LogP contribution >= 0.6 is 0 Å². The Bertz CT molecular complexity index is 449. The molecule has 0 saturated carbocycles. The predicted molar refractivity (Wildman–Crippen MR) is 91.2 cm³/mol. The van der Waals surface area contributed by atoms with Gasteiger partial charge in [0.15, 0.2) is 0 Å². The highest BCUT2D eigenvalue weighted by molar-refractivity contribution is 5.74. The molecule has 1 unspecified atom stereocenters. The molecule has 1 rings (SSSR count). The second kappa shape index (κ2) is 8.79. The Morgan fingerprint density at radius 3 is 2.41 bits per heavy atom. The van der Waals surface area contributed by atoms with E-state index in [1.165, 1.54) is 5.56 Å². The molecule has 0 fully saturated rings. The summed E-state index contributed by atoms with van der Waals surface area (Å²) in [6, 6.07) is 8.28. The fourth-order valence-corrected chi connectivity index (χ4v) is 2.12. The molecule has 0 aliphatic heterocycles. The zero-order chi connectivity index (χ0) is 16.6. The van der Waals surface area contributed by atoms with Gasteiger partial charge in [-0.15, -0.1) is 0 Å². The first kappa shape index (κ1) is 18.5. The minimum atomic E-state index is -0.135. The Balaban J connectivity index is 2.41. The van der Waals surface area contributed by atoms with Crippen LogP contribution in [-0.2, 0) is 10.2 Å². The molecule has 1 aromatic rings. The molecule has 1 aromatic carbocycles. The third kappa shape index (κ3) is 6.48. The molecule has 2 N–H and O–H groups in total. The molecule has 2 amide bonds. The fraction of sp³-hybridized carbons (Fsp3) is 0.611. The molecule has 0 aliphatic rings. The molecule has 0 saturated heterocycles. The van der Waals surface area contributed by atoms with Crippen LogP contribution in [-0.4, -0.2) is 25.8 Å². The van der Waals surface area contributed by atoms with E-state index in [0.29, 0.717) is 19.8 Å². The Morgan fingerprint density at radius 1 is 1.23 bits per heavy atom. The Labute approximate surface area is 134 Å². The van der Waals surface area contributed by atoms with Crippen molar-refractivity contribution in [3.8, 4) is 0 Å². The lowest BCUT2D eigenvalue weighted by molar-refractivity contribution is 0.145. The Morgan fingerprint density at radius 2 is 1.86 bits per heavy atom. The molecule has 22 heavy (non-hydrogen) atoms. The van der Waals surface area contributed by atoms with Gasteiger partial charge in [-0.1, -0.05) is 45.0 Å². The van der Waals surface area contributed by atoms with Crippen molar-refractivity contribution in [2.24, 2.45) is 0 Å². The SMILES string of the molecule is CCOCCCNC(=O)NC(C)c1ccc(C(C)(C)C)cc1. The molecule has 4 nitrogen and oxygen atoms in total. The first-order valence-electron chi connectivity index (χ1n) is 8.07. The van der Waals surface area contributed by atoms with E-state index in [4.69, 9.17) is 4.74 Å². The van der Waals surface area contributed by atoms with E-state index in [-0.39, 0.29) is 17.5 Å². The number of hydrogen-bond acceptors (Lipinski definition) is 2. The van der Waals surface area contributed by atoms with Gasteiger partial charge in [-0.3, -0.25) is 0 Å². The van der Waals surface area contributed by atoms with Crippen LogP contribution in [0.25, 0.3) is 0 Å². The first-order valence-corrected chi connectivity index (χ1v) is 8.07. The predicted octanol–water partition coefficient (Wildman–Crippen LogP) is 3.77. The van der Waals surface area contributed by atoms with Crippen LogP contribution in [0, 0.1) is 0 Å². The molecular formula is C18H30N2O2. The number of urea groups is 1. The van der Waals surface area contributed by atoms with E-state index in [9.17, 15) is 4.79 Å². The maximum absolute atomic E-state index is 11.8. The summed E-state index contributed by atoms with van der Waals surface area (Å²) in [6.07, 6.45) is 0.829. The third-order valence-electron chi connectivity index (χ3n) is 3.58. The molecule has 0 spiro atoms. The number of benzene rings is 1. The summed E-state index contributed by atoms with van der Waals surface area (Å²) in [4.78, 5) is 11.8. The molecule has 0 radical (unpaired) electrons. The van der Waals surface area contributed by atoms with E-state index in [1.54, 1.807) is 0 Å². The van der Waals surface area contributed by atoms with E-state index in [1.807, 2.05) is 13.8 Å². The summed E-state index contributed by atoms with van der Waals surface area (Å²) in [5.74, 6) is 0. The highest BCUT2D eigenvalue weighted by Crippen LogP contribution is 2.23. The van der Waals surface area contributed by atoms with Gasteiger partial charge in [0.1, 0.15) is 0 Å². The van der Waals surface area contributed by atoms with Crippen LogP contribution in [0.2, 0.25) is 0 Å². The standard InChI is InChI=1S/C18H30N2O2/c1-6-22-13-7-12-19-17(21)20-14(2)15-8-10-16(11-9-15)18(3,4)5/h8-11,14H,6-7,12-13H2,1-5H3,(H2,19,20,21). The normalized spacial score (nSPS) is 12.8. The number of ether oxygens (including phenoxy) is 1. The smallest absolute Gasteiger partial charge is 0.315 e. The van der Waals surface area contributed by atoms with Gasteiger partial charge in [-0.05, 0) is 36.8 Å². The van der Waals surface area contributed by atoms with Gasteiger partial charge in [0, 0.05) is 19.8 Å². The van der Waals surface area contributed by atoms with E-state index in [2.05, 4.69) is 55.7 Å². The van der Waals surface area contributed by atoms with Gasteiger partial charge < -0.3 is 15.4 Å². The minimum absolute atomic E-state index is 0.0130. The van der Waals surface area contributed by atoms with Gasteiger partial charge in [0.2, 0.25) is 0 Å². The lowest BCUT2D eigenvalue weighted by Gasteiger charge is -2.21. The molecule has 0 bridgehead atoms. The van der Waals surface area contributed by atoms with Crippen LogP contribution in [0.3, 0.4) is 0 Å². The maximum atomic E-state index is 11.8. The monoisotopic (exact) mass is 306 g/mol. The summed E-state index contributed by atoms with van der Waals surface area (Å²) in [5.41, 5.74) is 2.55. The van der Waals surface area contributed by atoms with Crippen LogP contribution < -0.4 is 10.6 Å². The number of nitrogens with one attached hydrogen (secondary N) is 2. The second-order valence-electron chi connectivity index (χ2n) is 6.54. The van der Waals surface area contributed by atoms with Gasteiger partial charge in [-0.25, -0.2) is 4.79 Å². The van der Waals surface area contributed by atoms with Crippen LogP contribution in [0.1, 0.15) is 58.2 Å². The van der Waals surface area contributed by atoms with E-state index < -0.39 is 0 Å². The highest BCUT2D eigenvalue weighted by Gasteiger charge is 2.14. The first-order chi connectivity index (χ1) is 10.3. The highest BCUT2D eigenvalue weighted by atomic mass is 16.5. The van der Waals surface area contributed by atoms with Crippen molar-refractivity contribution in [2.45, 2.75) is 52.5 Å². The van der Waals surface area contributed by atoms with Gasteiger partial charge >= 0.3 is 6.03 Å². The van der Waals surface area contributed by atoms with E-state index >= 15 is 0 Å². The number of rotatable bonds is 7. The third-order valence-corrected chi connectivity index (χ3v) is 3.58. The number of carbonyl (C=O) groups is 1. The zero-order valence-corrected chi connectivity index (χ0v) is 14.5. The van der Waals surface area contributed by atoms with Crippen molar-refractivity contribution in [3.05, 3.63) is 35.4 Å². The average molecular weight is 306 g/mol. The lowest BCUT2D eigenvalue weighted by Crippen LogP contribution is -2.37. The fourth-order valence-electron chi connectivity index (χ4n) is 2.12. The molecule has 0 heterocycles. The van der Waals surface area contributed by atoms with Crippen LogP contribution in [0.5, 0.6) is 0 Å². The summed E-state index contributed by atoms with van der Waals surface area (Å²) in [7, 11) is 0. The summed E-state index contributed by atoms with van der Waals surface area (Å²) < 4.78 is 5.23. The number of amides is 2. The van der Waals surface area contributed by atoms with Crippen molar-refractivity contribution >= 4 is 6.03 Å². The van der Waals surface area contributed by atoms with Crippen LogP contribution in [0.4, 0.5) is 4.79 Å². The Hall–Kier alpha value is -1.55. The maximum Gasteiger partial charge on any atom is 0.315 e. The quantitative estimate of drug-likeness (QED) is 0.753. The topological polar surface area (TPSA) is 50.4 Å². The molecule has 4 heteroatoms. The number of hydrogen-bond donors (Lipinski definition) is 2. The van der Waals surface area contributed by atoms with Crippen molar-refractivity contribution in [3.63, 3.8) is 0 Å². The van der Waals surface area contributed by atoms with Gasteiger partial charge in [0.25, 0.3) is 0 Å². The summed E-state index contributed by atoms with van der Waals surface area (Å²) >= 11 is 0. The largest absolute Gasteiger partial charge is 0.382 e. The van der Waals surface area contributed by atoms with Crippen LogP contribution in [0.15, 0.2) is 24.3 Å². The molecule has 0 aliphatic carbocycles. The lowest BCUT2D eigenvalue weighted by atomic mass is 9.86. The number of carbonyl (C=O) groups excluding carboxylic acids is 1. The van der Waals surface area contributed by atoms with Crippen molar-refractivity contribution in [1.82, 2.24) is 10.6 Å². The molecule has 1 atom stereocenters. The minimum Gasteiger partial charge on any atom is -0.382 e. The van der Waals surface area contributed by atoms with Gasteiger partial charge in [0.05, 0.1) is 6.04 Å². The molecular weight excluding hydrogens is 276 g/mol. The second-order valence-corrected chi connectivity index (χ2v) is 6.54. The van der Waals surface area contributed by atoms with Crippen molar-refractivity contribution in [2.75, 3.05) is 19.8 Å². The van der Waals surface area contributed by atoms with Crippen molar-refractivity contribution < 1.29 is 9.53 Å². The van der Waals surface area contributed by atoms with E-state index in [0.717, 1.165) is 12.0 Å². The molecule has 0 aromatic heterocycles. The average Bonchev–Trinajstić information content (AvgIpc) is 2.46. The Kier molecular flexibility index (Phi) is 7.39. The molecule has 124 valence electrons. The van der Waals surface area contributed by atoms with Gasteiger partial charge in [-0.2, -0.15) is 0 Å². The summed E-state index contributed by atoms with van der Waals surface area (Å²) in [5, 5.41) is 5.80.